The average Bonchev–Trinajstić information content (AvgIpc) is 3.53. The summed E-state index contributed by atoms with van der Waals surface area (Å²) in [5.41, 5.74) is 1.79. The highest BCUT2D eigenvalue weighted by Crippen LogP contribution is 2.22. The molecule has 3 rings (SSSR count). The number of amides is 3. The number of rotatable bonds is 8. The summed E-state index contributed by atoms with van der Waals surface area (Å²) in [4.78, 5) is 28.9. The van der Waals surface area contributed by atoms with Crippen LogP contribution in [0.25, 0.3) is 0 Å². The fraction of sp³-hybridized carbons (Fsp3) is 0.636. The smallest absolute Gasteiger partial charge is 0.321 e. The van der Waals surface area contributed by atoms with Gasteiger partial charge in [-0.15, -0.1) is 0 Å². The van der Waals surface area contributed by atoms with Gasteiger partial charge in [0, 0.05) is 37.9 Å². The fourth-order valence-corrected chi connectivity index (χ4v) is 3.42. The Kier molecular flexibility index (Phi) is 7.36. The summed E-state index contributed by atoms with van der Waals surface area (Å²) in [6.45, 7) is 9.40. The lowest BCUT2D eigenvalue weighted by molar-refractivity contribution is -0.126. The van der Waals surface area contributed by atoms with E-state index in [2.05, 4.69) is 22.5 Å². The number of ether oxygens (including phenoxy) is 1. The zero-order valence-corrected chi connectivity index (χ0v) is 17.9. The van der Waals surface area contributed by atoms with Crippen molar-refractivity contribution in [2.24, 2.45) is 0 Å². The second-order valence-corrected chi connectivity index (χ2v) is 8.09. The van der Waals surface area contributed by atoms with Gasteiger partial charge in [0.15, 0.2) is 0 Å². The van der Waals surface area contributed by atoms with Crippen LogP contribution in [0.4, 0.5) is 10.5 Å². The van der Waals surface area contributed by atoms with E-state index in [0.717, 1.165) is 42.7 Å². The Hall–Kier alpha value is -2.28. The summed E-state index contributed by atoms with van der Waals surface area (Å²) in [6.07, 6.45) is 4.32. The van der Waals surface area contributed by atoms with Gasteiger partial charge in [0.1, 0.15) is 5.75 Å². The maximum atomic E-state index is 12.7. The quantitative estimate of drug-likeness (QED) is 0.656. The van der Waals surface area contributed by atoms with E-state index < -0.39 is 0 Å². The lowest BCUT2D eigenvalue weighted by Crippen LogP contribution is -2.55. The third kappa shape index (κ3) is 6.10. The van der Waals surface area contributed by atoms with Gasteiger partial charge in [-0.05, 0) is 56.9 Å². The summed E-state index contributed by atoms with van der Waals surface area (Å²) in [5.74, 6) is 0.934. The molecule has 7 heteroatoms. The number of aryl methyl sites for hydroxylation is 1. The molecule has 2 fully saturated rings. The molecule has 0 spiro atoms. The Labute approximate surface area is 173 Å². The Balaban J connectivity index is 1.46. The number of urea groups is 1. The molecule has 29 heavy (non-hydrogen) atoms. The second-order valence-electron chi connectivity index (χ2n) is 8.09. The molecule has 1 heterocycles. The van der Waals surface area contributed by atoms with Gasteiger partial charge < -0.3 is 20.3 Å². The lowest BCUT2D eigenvalue weighted by atomic mass is 10.2. The highest BCUT2D eigenvalue weighted by atomic mass is 16.5. The molecular formula is C22H34N4O3. The molecule has 1 saturated heterocycles. The van der Waals surface area contributed by atoms with Gasteiger partial charge in [-0.3, -0.25) is 9.69 Å². The van der Waals surface area contributed by atoms with E-state index in [-0.39, 0.29) is 18.0 Å². The van der Waals surface area contributed by atoms with Gasteiger partial charge in [0.2, 0.25) is 5.91 Å². The molecule has 0 radical (unpaired) electrons. The zero-order valence-electron chi connectivity index (χ0n) is 17.9. The molecule has 0 aromatic heterocycles. The van der Waals surface area contributed by atoms with E-state index in [4.69, 9.17) is 4.74 Å². The largest absolute Gasteiger partial charge is 0.494 e. The Morgan fingerprint density at radius 2 is 1.93 bits per heavy atom. The van der Waals surface area contributed by atoms with Crippen molar-refractivity contribution in [2.45, 2.75) is 58.5 Å². The molecule has 1 atom stereocenters. The molecule has 160 valence electrons. The van der Waals surface area contributed by atoms with E-state index in [0.29, 0.717) is 38.8 Å². The first kappa shape index (κ1) is 21.4. The maximum Gasteiger partial charge on any atom is 0.321 e. The van der Waals surface area contributed by atoms with Crippen LogP contribution in [-0.4, -0.2) is 66.6 Å². The first-order chi connectivity index (χ1) is 14.0. The first-order valence-electron chi connectivity index (χ1n) is 10.8. The Bertz CT molecular complexity index is 712. The monoisotopic (exact) mass is 402 g/mol. The van der Waals surface area contributed by atoms with Crippen LogP contribution in [-0.2, 0) is 4.79 Å². The van der Waals surface area contributed by atoms with E-state index in [1.54, 1.807) is 0 Å². The molecule has 1 aliphatic heterocycles. The number of benzene rings is 1. The molecule has 3 amide bonds. The molecule has 1 aromatic rings. The summed E-state index contributed by atoms with van der Waals surface area (Å²) in [5, 5.41) is 6.07. The highest BCUT2D eigenvalue weighted by molar-refractivity contribution is 5.90. The van der Waals surface area contributed by atoms with Crippen LogP contribution in [0.15, 0.2) is 18.2 Å². The number of nitrogens with zero attached hydrogens (tertiary/aromatic N) is 2. The van der Waals surface area contributed by atoms with Crippen molar-refractivity contribution in [2.75, 3.05) is 38.1 Å². The summed E-state index contributed by atoms with van der Waals surface area (Å²) in [6, 6.07) is 5.89. The number of hydrogen-bond donors (Lipinski definition) is 2. The number of unbranched alkanes of at least 4 members (excludes halogenated alkanes) is 1. The molecule has 1 unspecified atom stereocenters. The molecule has 0 bridgehead atoms. The van der Waals surface area contributed by atoms with Crippen LogP contribution < -0.4 is 15.4 Å². The molecular weight excluding hydrogens is 368 g/mol. The molecule has 7 nitrogen and oxygen atoms in total. The average molecular weight is 403 g/mol. The molecule has 1 saturated carbocycles. The van der Waals surface area contributed by atoms with Crippen molar-refractivity contribution in [3.8, 4) is 5.75 Å². The lowest BCUT2D eigenvalue weighted by Gasteiger charge is -2.37. The van der Waals surface area contributed by atoms with Crippen LogP contribution >= 0.6 is 0 Å². The number of nitrogens with one attached hydrogen (secondary N) is 2. The van der Waals surface area contributed by atoms with Crippen molar-refractivity contribution < 1.29 is 14.3 Å². The van der Waals surface area contributed by atoms with Crippen molar-refractivity contribution in [1.82, 2.24) is 15.1 Å². The Morgan fingerprint density at radius 3 is 2.55 bits per heavy atom. The normalized spacial score (nSPS) is 18.2. The minimum absolute atomic E-state index is 0.0949. The predicted octanol–water partition coefficient (Wildman–Crippen LogP) is 2.99. The minimum Gasteiger partial charge on any atom is -0.494 e. The fourth-order valence-electron chi connectivity index (χ4n) is 3.42. The number of anilines is 1. The van der Waals surface area contributed by atoms with Crippen LogP contribution in [0.2, 0.25) is 0 Å². The van der Waals surface area contributed by atoms with Gasteiger partial charge in [-0.2, -0.15) is 0 Å². The molecule has 2 N–H and O–H groups in total. The molecule has 1 aromatic carbocycles. The SMILES string of the molecule is CCCCOc1ccc(NC(=O)N2CCN(C(C)C(=O)NC3CC3)CC2)c(C)c1. The standard InChI is InChI=1S/C22H34N4O3/c1-4-5-14-29-19-8-9-20(16(2)15-19)24-22(28)26-12-10-25(11-13-26)17(3)21(27)23-18-6-7-18/h8-9,15,17-18H,4-7,10-14H2,1-3H3,(H,23,27)(H,24,28). The third-order valence-electron chi connectivity index (χ3n) is 5.66. The van der Waals surface area contributed by atoms with Gasteiger partial charge in [-0.25, -0.2) is 4.79 Å². The van der Waals surface area contributed by atoms with Gasteiger partial charge in [0.05, 0.1) is 12.6 Å². The summed E-state index contributed by atoms with van der Waals surface area (Å²) in [7, 11) is 0. The number of piperazine rings is 1. The third-order valence-corrected chi connectivity index (χ3v) is 5.66. The second kappa shape index (κ2) is 9.96. The van der Waals surface area contributed by atoms with E-state index in [1.165, 1.54) is 0 Å². The van der Waals surface area contributed by atoms with Crippen molar-refractivity contribution in [3.63, 3.8) is 0 Å². The molecule has 2 aliphatic rings. The topological polar surface area (TPSA) is 73.9 Å². The number of carbonyl (C=O) groups is 2. The van der Waals surface area contributed by atoms with Gasteiger partial charge in [-0.1, -0.05) is 13.3 Å². The highest BCUT2D eigenvalue weighted by Gasteiger charge is 2.30. The van der Waals surface area contributed by atoms with E-state index in [9.17, 15) is 9.59 Å². The summed E-state index contributed by atoms with van der Waals surface area (Å²) < 4.78 is 5.72. The van der Waals surface area contributed by atoms with Crippen molar-refractivity contribution >= 4 is 17.6 Å². The zero-order chi connectivity index (χ0) is 20.8. The Morgan fingerprint density at radius 1 is 1.21 bits per heavy atom. The summed E-state index contributed by atoms with van der Waals surface area (Å²) >= 11 is 0. The molecule has 1 aliphatic carbocycles. The van der Waals surface area contributed by atoms with E-state index in [1.807, 2.05) is 36.9 Å². The van der Waals surface area contributed by atoms with Crippen LogP contribution in [0.3, 0.4) is 0 Å². The number of carbonyl (C=O) groups excluding carboxylic acids is 2. The van der Waals surface area contributed by atoms with Gasteiger partial charge in [0.25, 0.3) is 0 Å². The first-order valence-corrected chi connectivity index (χ1v) is 10.8. The maximum absolute atomic E-state index is 12.7. The van der Waals surface area contributed by atoms with Crippen LogP contribution in [0.5, 0.6) is 5.75 Å². The van der Waals surface area contributed by atoms with Crippen molar-refractivity contribution in [3.05, 3.63) is 23.8 Å². The van der Waals surface area contributed by atoms with Crippen molar-refractivity contribution in [1.29, 1.82) is 0 Å². The van der Waals surface area contributed by atoms with E-state index >= 15 is 0 Å². The van der Waals surface area contributed by atoms with Gasteiger partial charge >= 0.3 is 6.03 Å². The predicted molar refractivity (Wildman–Crippen MR) is 114 cm³/mol. The minimum atomic E-state index is -0.150. The number of hydrogen-bond acceptors (Lipinski definition) is 4. The van der Waals surface area contributed by atoms with Crippen LogP contribution in [0, 0.1) is 6.92 Å². The van der Waals surface area contributed by atoms with Crippen LogP contribution in [0.1, 0.15) is 45.1 Å².